The summed E-state index contributed by atoms with van der Waals surface area (Å²) in [5, 5.41) is 9.92. The standard InChI is InChI=1S/C25H22ClF2N5O3/c1-13-10-30-18(17-5-6-29-24(32-17)25(3,4)35)9-20(13)33-14(2)7-21(22(26)23(33)34)36-12-19-16(28)8-15(27)11-31-19/h5-11,35H,12H2,1-4H3/i12D/t12-/m0/s1. The number of aliphatic hydroxyl groups is 1. The lowest BCUT2D eigenvalue weighted by Gasteiger charge is -2.17. The van der Waals surface area contributed by atoms with Crippen molar-refractivity contribution < 1.29 is 20.0 Å². The van der Waals surface area contributed by atoms with Crippen molar-refractivity contribution in [3.63, 3.8) is 0 Å². The minimum atomic E-state index is -1.69. The molecule has 0 aliphatic heterocycles. The predicted molar refractivity (Wildman–Crippen MR) is 129 cm³/mol. The average Bonchev–Trinajstić information content (AvgIpc) is 2.83. The molecule has 0 aliphatic carbocycles. The maximum atomic E-state index is 14.0. The summed E-state index contributed by atoms with van der Waals surface area (Å²) in [6.45, 7) is 4.84. The normalized spacial score (nSPS) is 12.8. The number of rotatable bonds is 6. The predicted octanol–water partition coefficient (Wildman–Crippen LogP) is 4.44. The van der Waals surface area contributed by atoms with Crippen molar-refractivity contribution in [2.24, 2.45) is 0 Å². The van der Waals surface area contributed by atoms with Crippen LogP contribution in [0.15, 0.2) is 47.7 Å². The van der Waals surface area contributed by atoms with Crippen molar-refractivity contribution in [3.05, 3.63) is 92.6 Å². The number of aromatic nitrogens is 5. The molecule has 4 aromatic rings. The number of hydrogen-bond donors (Lipinski definition) is 1. The van der Waals surface area contributed by atoms with Crippen molar-refractivity contribution >= 4 is 11.6 Å². The molecule has 186 valence electrons. The zero-order chi connectivity index (χ0) is 27.1. The molecule has 0 saturated heterocycles. The third kappa shape index (κ3) is 5.09. The smallest absolute Gasteiger partial charge is 0.277 e. The SMILES string of the molecule is [2H][C@H](Oc1cc(C)n(-c2cc(-c3ccnc(C(C)(C)O)n3)ncc2C)c(=O)c1Cl)c1ncc(F)cc1F. The van der Waals surface area contributed by atoms with Crippen LogP contribution in [-0.4, -0.2) is 29.6 Å². The first-order valence-electron chi connectivity index (χ1n) is 11.3. The number of pyridine rings is 3. The molecule has 8 nitrogen and oxygen atoms in total. The lowest BCUT2D eigenvalue weighted by molar-refractivity contribution is 0.0688. The van der Waals surface area contributed by atoms with Gasteiger partial charge in [-0.25, -0.2) is 18.7 Å². The molecule has 0 spiro atoms. The van der Waals surface area contributed by atoms with Crippen molar-refractivity contribution in [1.82, 2.24) is 24.5 Å². The highest BCUT2D eigenvalue weighted by Gasteiger charge is 2.21. The Balaban J connectivity index is 1.75. The van der Waals surface area contributed by atoms with E-state index in [1.807, 2.05) is 0 Å². The molecule has 0 unspecified atom stereocenters. The van der Waals surface area contributed by atoms with E-state index in [-0.39, 0.29) is 16.6 Å². The quantitative estimate of drug-likeness (QED) is 0.405. The Morgan fingerprint density at radius 3 is 2.58 bits per heavy atom. The van der Waals surface area contributed by atoms with Crippen LogP contribution in [0.1, 0.15) is 38.0 Å². The van der Waals surface area contributed by atoms with Gasteiger partial charge in [-0.05, 0) is 45.4 Å². The molecule has 0 radical (unpaired) electrons. The van der Waals surface area contributed by atoms with Crippen LogP contribution in [0.5, 0.6) is 5.75 Å². The average molecular weight is 515 g/mol. The van der Waals surface area contributed by atoms with Gasteiger partial charge in [0.05, 0.1) is 24.6 Å². The van der Waals surface area contributed by atoms with Crippen LogP contribution in [0, 0.1) is 25.5 Å². The largest absolute Gasteiger partial charge is 0.485 e. The zero-order valence-corrected chi connectivity index (χ0v) is 20.5. The molecule has 36 heavy (non-hydrogen) atoms. The minimum Gasteiger partial charge on any atom is -0.485 e. The van der Waals surface area contributed by atoms with Gasteiger partial charge in [-0.3, -0.25) is 19.3 Å². The molecular formula is C25H22ClF2N5O3. The fourth-order valence-corrected chi connectivity index (χ4v) is 3.57. The molecule has 1 N–H and O–H groups in total. The Bertz CT molecular complexity index is 1560. The highest BCUT2D eigenvalue weighted by Crippen LogP contribution is 2.27. The minimum absolute atomic E-state index is 0.150. The number of ether oxygens (including phenoxy) is 1. The van der Waals surface area contributed by atoms with Crippen molar-refractivity contribution in [3.8, 4) is 22.8 Å². The highest BCUT2D eigenvalue weighted by atomic mass is 35.5. The van der Waals surface area contributed by atoms with E-state index in [1.54, 1.807) is 46.0 Å². The van der Waals surface area contributed by atoms with Crippen LogP contribution in [0.4, 0.5) is 8.78 Å². The van der Waals surface area contributed by atoms with Gasteiger partial charge in [0.15, 0.2) is 11.6 Å². The summed E-state index contributed by atoms with van der Waals surface area (Å²) in [4.78, 5) is 29.8. The van der Waals surface area contributed by atoms with E-state index in [1.165, 1.54) is 16.8 Å². The molecule has 4 aromatic heterocycles. The van der Waals surface area contributed by atoms with Crippen LogP contribution in [0.25, 0.3) is 17.1 Å². The molecule has 0 saturated carbocycles. The van der Waals surface area contributed by atoms with E-state index < -0.39 is 35.1 Å². The molecule has 0 fully saturated rings. The number of aryl methyl sites for hydroxylation is 2. The second kappa shape index (κ2) is 9.71. The first-order chi connectivity index (χ1) is 17.4. The molecule has 0 aromatic carbocycles. The number of halogens is 3. The van der Waals surface area contributed by atoms with Crippen LogP contribution in [0.3, 0.4) is 0 Å². The molecule has 0 aliphatic rings. The fourth-order valence-electron chi connectivity index (χ4n) is 3.39. The third-order valence-electron chi connectivity index (χ3n) is 5.21. The number of nitrogens with zero attached hydrogens (tertiary/aromatic N) is 5. The van der Waals surface area contributed by atoms with Crippen molar-refractivity contribution in [2.45, 2.75) is 39.9 Å². The maximum absolute atomic E-state index is 14.0. The molecule has 0 amide bonds. The van der Waals surface area contributed by atoms with Gasteiger partial charge < -0.3 is 9.84 Å². The van der Waals surface area contributed by atoms with E-state index in [9.17, 15) is 18.7 Å². The van der Waals surface area contributed by atoms with Gasteiger partial charge in [0, 0.05) is 30.2 Å². The van der Waals surface area contributed by atoms with Crippen molar-refractivity contribution in [1.29, 1.82) is 0 Å². The van der Waals surface area contributed by atoms with Gasteiger partial charge in [0.2, 0.25) is 0 Å². The Morgan fingerprint density at radius 1 is 1.14 bits per heavy atom. The lowest BCUT2D eigenvalue weighted by Crippen LogP contribution is -2.23. The van der Waals surface area contributed by atoms with Crippen LogP contribution >= 0.6 is 11.6 Å². The first-order valence-corrected chi connectivity index (χ1v) is 11.1. The van der Waals surface area contributed by atoms with Crippen LogP contribution in [0.2, 0.25) is 5.02 Å². The van der Waals surface area contributed by atoms with E-state index in [2.05, 4.69) is 19.9 Å². The van der Waals surface area contributed by atoms with Gasteiger partial charge in [0.1, 0.15) is 34.5 Å². The molecule has 4 rings (SSSR count). The van der Waals surface area contributed by atoms with E-state index >= 15 is 0 Å². The Morgan fingerprint density at radius 2 is 1.89 bits per heavy atom. The molecular weight excluding hydrogens is 492 g/mol. The van der Waals surface area contributed by atoms with Gasteiger partial charge in [-0.15, -0.1) is 0 Å². The van der Waals surface area contributed by atoms with Gasteiger partial charge in [0.25, 0.3) is 5.56 Å². The highest BCUT2D eigenvalue weighted by molar-refractivity contribution is 6.31. The molecule has 1 atom stereocenters. The second-order valence-corrected chi connectivity index (χ2v) is 8.92. The van der Waals surface area contributed by atoms with Crippen LogP contribution in [-0.2, 0) is 12.2 Å². The summed E-state index contributed by atoms with van der Waals surface area (Å²) in [5.41, 5.74) is 0.0494. The molecule has 0 bridgehead atoms. The Kier molecular flexibility index (Phi) is 6.46. The topological polar surface area (TPSA) is 103 Å². The van der Waals surface area contributed by atoms with Crippen LogP contribution < -0.4 is 10.3 Å². The van der Waals surface area contributed by atoms with E-state index in [0.29, 0.717) is 34.4 Å². The van der Waals surface area contributed by atoms with Gasteiger partial charge in [-0.1, -0.05) is 11.6 Å². The number of hydrogen-bond acceptors (Lipinski definition) is 7. The maximum Gasteiger partial charge on any atom is 0.277 e. The van der Waals surface area contributed by atoms with Gasteiger partial charge >= 0.3 is 0 Å². The van der Waals surface area contributed by atoms with E-state index in [0.717, 1.165) is 6.20 Å². The second-order valence-electron chi connectivity index (χ2n) is 8.54. The third-order valence-corrected chi connectivity index (χ3v) is 5.56. The molecule has 4 heterocycles. The summed E-state index contributed by atoms with van der Waals surface area (Å²) in [5.74, 6) is -1.89. The summed E-state index contributed by atoms with van der Waals surface area (Å²) in [6, 6.07) is 5.31. The van der Waals surface area contributed by atoms with E-state index in [4.69, 9.17) is 17.7 Å². The zero-order valence-electron chi connectivity index (χ0n) is 20.8. The lowest BCUT2D eigenvalue weighted by atomic mass is 10.1. The monoisotopic (exact) mass is 514 g/mol. The Hall–Kier alpha value is -3.76. The Labute approximate surface area is 211 Å². The van der Waals surface area contributed by atoms with Crippen molar-refractivity contribution in [2.75, 3.05) is 0 Å². The first kappa shape index (κ1) is 24.0. The fraction of sp³-hybridized carbons (Fsp3) is 0.240. The van der Waals surface area contributed by atoms with Gasteiger partial charge in [-0.2, -0.15) is 0 Å². The summed E-state index contributed by atoms with van der Waals surface area (Å²) in [7, 11) is 0. The summed E-state index contributed by atoms with van der Waals surface area (Å²) < 4.78 is 42.0. The molecule has 11 heteroatoms. The summed E-state index contributed by atoms with van der Waals surface area (Å²) in [6.07, 6.45) is 3.84. The summed E-state index contributed by atoms with van der Waals surface area (Å²) >= 11 is 6.32.